The third-order valence-corrected chi connectivity index (χ3v) is 4.83. The first kappa shape index (κ1) is 19.0. The van der Waals surface area contributed by atoms with Gasteiger partial charge in [-0.15, -0.1) is 0 Å². The van der Waals surface area contributed by atoms with Gasteiger partial charge in [0.1, 0.15) is 25.3 Å². The Morgan fingerprint density at radius 2 is 2.00 bits per heavy atom. The van der Waals surface area contributed by atoms with Crippen LogP contribution in [0.3, 0.4) is 0 Å². The van der Waals surface area contributed by atoms with Gasteiger partial charge >= 0.3 is 6.03 Å². The van der Waals surface area contributed by atoms with E-state index in [1.807, 2.05) is 13.8 Å². The number of fused-ring (bicyclic) bond motifs is 1. The first-order valence-electron chi connectivity index (χ1n) is 9.18. The van der Waals surface area contributed by atoms with Gasteiger partial charge < -0.3 is 20.1 Å². The second kappa shape index (κ2) is 7.46. The number of nitrogens with zero attached hydrogens (tertiary/aromatic N) is 1. The van der Waals surface area contributed by atoms with Crippen molar-refractivity contribution in [2.24, 2.45) is 0 Å². The highest BCUT2D eigenvalue weighted by Crippen LogP contribution is 2.36. The van der Waals surface area contributed by atoms with Crippen molar-refractivity contribution in [2.45, 2.75) is 45.2 Å². The van der Waals surface area contributed by atoms with E-state index in [0.717, 1.165) is 17.7 Å². The second-order valence-electron chi connectivity index (χ2n) is 7.06. The summed E-state index contributed by atoms with van der Waals surface area (Å²) < 4.78 is 11.1. The number of carbonyl (C=O) groups excluding carboxylic acids is 3. The standard InChI is InChI=1S/C19H25N3O5/c1-4-5-12(2)20-16(23)11-22-17(24)19(3,21-18(22)25)13-6-7-14-15(10-13)27-9-8-26-14/h6-7,10,12H,4-5,8-9,11H2,1-3H3,(H,20,23)(H,21,25)/t12-,19+/m1/s1. The molecule has 146 valence electrons. The van der Waals surface area contributed by atoms with Crippen molar-refractivity contribution in [1.29, 1.82) is 0 Å². The summed E-state index contributed by atoms with van der Waals surface area (Å²) in [6.07, 6.45) is 1.77. The number of carbonyl (C=O) groups is 3. The molecular weight excluding hydrogens is 350 g/mol. The zero-order chi connectivity index (χ0) is 19.6. The fraction of sp³-hybridized carbons (Fsp3) is 0.526. The minimum absolute atomic E-state index is 0.00700. The van der Waals surface area contributed by atoms with Crippen molar-refractivity contribution in [3.05, 3.63) is 23.8 Å². The van der Waals surface area contributed by atoms with E-state index in [1.54, 1.807) is 25.1 Å². The Labute approximate surface area is 158 Å². The van der Waals surface area contributed by atoms with E-state index in [1.165, 1.54) is 0 Å². The number of hydrogen-bond acceptors (Lipinski definition) is 5. The molecule has 0 spiro atoms. The second-order valence-corrected chi connectivity index (χ2v) is 7.06. The van der Waals surface area contributed by atoms with Gasteiger partial charge in [-0.2, -0.15) is 0 Å². The van der Waals surface area contributed by atoms with Gasteiger partial charge in [-0.1, -0.05) is 19.4 Å². The summed E-state index contributed by atoms with van der Waals surface area (Å²) in [6.45, 7) is 6.13. The lowest BCUT2D eigenvalue weighted by Gasteiger charge is -2.25. The minimum Gasteiger partial charge on any atom is -0.486 e. The van der Waals surface area contributed by atoms with Gasteiger partial charge in [-0.3, -0.25) is 14.5 Å². The molecule has 0 aliphatic carbocycles. The fourth-order valence-electron chi connectivity index (χ4n) is 3.36. The van der Waals surface area contributed by atoms with E-state index < -0.39 is 17.5 Å². The molecule has 0 radical (unpaired) electrons. The monoisotopic (exact) mass is 375 g/mol. The molecule has 8 nitrogen and oxygen atoms in total. The molecule has 0 saturated carbocycles. The van der Waals surface area contributed by atoms with Gasteiger partial charge in [0.15, 0.2) is 11.5 Å². The smallest absolute Gasteiger partial charge is 0.325 e. The van der Waals surface area contributed by atoms with Crippen LogP contribution < -0.4 is 20.1 Å². The maximum atomic E-state index is 12.9. The molecule has 2 aliphatic rings. The maximum Gasteiger partial charge on any atom is 0.325 e. The zero-order valence-electron chi connectivity index (χ0n) is 15.8. The molecule has 1 aromatic carbocycles. The van der Waals surface area contributed by atoms with Crippen molar-refractivity contribution in [3.63, 3.8) is 0 Å². The Bertz CT molecular complexity index is 766. The molecule has 1 fully saturated rings. The van der Waals surface area contributed by atoms with E-state index >= 15 is 0 Å². The van der Waals surface area contributed by atoms with Crippen LogP contribution in [-0.2, 0) is 15.1 Å². The lowest BCUT2D eigenvalue weighted by atomic mass is 9.91. The number of rotatable bonds is 6. The van der Waals surface area contributed by atoms with E-state index in [0.29, 0.717) is 30.3 Å². The lowest BCUT2D eigenvalue weighted by molar-refractivity contribution is -0.135. The highest BCUT2D eigenvalue weighted by molar-refractivity contribution is 6.09. The largest absolute Gasteiger partial charge is 0.486 e. The van der Waals surface area contributed by atoms with Crippen LogP contribution in [0, 0.1) is 0 Å². The van der Waals surface area contributed by atoms with Gasteiger partial charge in [0.25, 0.3) is 5.91 Å². The van der Waals surface area contributed by atoms with Crippen LogP contribution >= 0.6 is 0 Å². The summed E-state index contributed by atoms with van der Waals surface area (Å²) in [5.74, 6) is 0.312. The lowest BCUT2D eigenvalue weighted by Crippen LogP contribution is -2.45. The molecular formula is C19H25N3O5. The number of ether oxygens (including phenoxy) is 2. The van der Waals surface area contributed by atoms with Crippen LogP contribution in [0.4, 0.5) is 4.79 Å². The summed E-state index contributed by atoms with van der Waals surface area (Å²) in [6, 6.07) is 4.54. The van der Waals surface area contributed by atoms with Crippen molar-refractivity contribution in [1.82, 2.24) is 15.5 Å². The fourth-order valence-corrected chi connectivity index (χ4v) is 3.36. The van der Waals surface area contributed by atoms with Crippen molar-refractivity contribution >= 4 is 17.8 Å². The molecule has 1 aromatic rings. The van der Waals surface area contributed by atoms with E-state index in [9.17, 15) is 14.4 Å². The molecule has 2 aliphatic heterocycles. The SMILES string of the molecule is CCC[C@@H](C)NC(=O)CN1C(=O)N[C@@](C)(c2ccc3c(c2)OCCO3)C1=O. The maximum absolute atomic E-state index is 12.9. The molecule has 0 unspecified atom stereocenters. The summed E-state index contributed by atoms with van der Waals surface area (Å²) in [7, 11) is 0. The van der Waals surface area contributed by atoms with Gasteiger partial charge in [0.2, 0.25) is 5.91 Å². The van der Waals surface area contributed by atoms with Gasteiger partial charge in [0, 0.05) is 6.04 Å². The van der Waals surface area contributed by atoms with Gasteiger partial charge in [-0.25, -0.2) is 4.79 Å². The summed E-state index contributed by atoms with van der Waals surface area (Å²) >= 11 is 0. The Morgan fingerprint density at radius 1 is 1.30 bits per heavy atom. The van der Waals surface area contributed by atoms with Crippen molar-refractivity contribution in [2.75, 3.05) is 19.8 Å². The molecule has 0 aromatic heterocycles. The molecule has 8 heteroatoms. The van der Waals surface area contributed by atoms with Crippen LogP contribution in [0.2, 0.25) is 0 Å². The van der Waals surface area contributed by atoms with Crippen LogP contribution in [0.5, 0.6) is 11.5 Å². The molecule has 3 rings (SSSR count). The predicted molar refractivity (Wildman–Crippen MR) is 97.5 cm³/mol. The number of amides is 4. The predicted octanol–water partition coefficient (Wildman–Crippen LogP) is 1.53. The van der Waals surface area contributed by atoms with Gasteiger partial charge in [0.05, 0.1) is 0 Å². The number of benzene rings is 1. The zero-order valence-corrected chi connectivity index (χ0v) is 15.8. The quantitative estimate of drug-likeness (QED) is 0.735. The first-order chi connectivity index (χ1) is 12.8. The highest BCUT2D eigenvalue weighted by Gasteiger charge is 2.49. The average Bonchev–Trinajstić information content (AvgIpc) is 2.85. The molecule has 2 atom stereocenters. The molecule has 0 bridgehead atoms. The Hall–Kier alpha value is -2.77. The van der Waals surface area contributed by atoms with Crippen LogP contribution in [-0.4, -0.2) is 48.5 Å². The number of hydrogen-bond donors (Lipinski definition) is 2. The average molecular weight is 375 g/mol. The normalized spacial score (nSPS) is 22.4. The third kappa shape index (κ3) is 3.70. The Balaban J connectivity index is 1.75. The number of nitrogens with one attached hydrogen (secondary N) is 2. The highest BCUT2D eigenvalue weighted by atomic mass is 16.6. The van der Waals surface area contributed by atoms with Crippen LogP contribution in [0.1, 0.15) is 39.2 Å². The topological polar surface area (TPSA) is 97.0 Å². The van der Waals surface area contributed by atoms with Crippen molar-refractivity contribution < 1.29 is 23.9 Å². The summed E-state index contributed by atoms with van der Waals surface area (Å²) in [5, 5.41) is 5.51. The molecule has 4 amide bonds. The van der Waals surface area contributed by atoms with Gasteiger partial charge in [-0.05, 0) is 38.0 Å². The Morgan fingerprint density at radius 3 is 2.70 bits per heavy atom. The minimum atomic E-state index is -1.26. The Kier molecular flexibility index (Phi) is 5.25. The number of imide groups is 1. The van der Waals surface area contributed by atoms with Crippen LogP contribution in [0.25, 0.3) is 0 Å². The van der Waals surface area contributed by atoms with E-state index in [2.05, 4.69) is 10.6 Å². The number of urea groups is 1. The summed E-state index contributed by atoms with van der Waals surface area (Å²) in [5.41, 5.74) is -0.685. The third-order valence-electron chi connectivity index (χ3n) is 4.83. The van der Waals surface area contributed by atoms with Crippen LogP contribution in [0.15, 0.2) is 18.2 Å². The van der Waals surface area contributed by atoms with E-state index in [4.69, 9.17) is 9.47 Å². The molecule has 27 heavy (non-hydrogen) atoms. The molecule has 1 saturated heterocycles. The summed E-state index contributed by atoms with van der Waals surface area (Å²) in [4.78, 5) is 38.5. The van der Waals surface area contributed by atoms with Crippen molar-refractivity contribution in [3.8, 4) is 11.5 Å². The molecule has 2 heterocycles. The van der Waals surface area contributed by atoms with E-state index in [-0.39, 0.29) is 18.5 Å². The molecule has 2 N–H and O–H groups in total. The first-order valence-corrected chi connectivity index (χ1v) is 9.18.